The number of aromatic nitrogens is 1. The maximum absolute atomic E-state index is 13.4. The number of hydrogen-bond acceptors (Lipinski definition) is 4. The molecule has 0 bridgehead atoms. The predicted octanol–water partition coefficient (Wildman–Crippen LogP) is 3.34. The van der Waals surface area contributed by atoms with E-state index in [0.29, 0.717) is 22.8 Å². The molecule has 2 unspecified atom stereocenters. The van der Waals surface area contributed by atoms with Crippen molar-refractivity contribution in [2.24, 2.45) is 0 Å². The first-order valence-electron chi connectivity index (χ1n) is 8.74. The van der Waals surface area contributed by atoms with Crippen LogP contribution >= 0.6 is 12.2 Å². The first-order chi connectivity index (χ1) is 12.5. The zero-order chi connectivity index (χ0) is 18.5. The number of carbonyl (C=O) groups excluding carboxylic acids is 1. The molecule has 0 spiro atoms. The lowest BCUT2D eigenvalue weighted by Crippen LogP contribution is -2.32. The van der Waals surface area contributed by atoms with Gasteiger partial charge in [0.25, 0.3) is 5.91 Å². The van der Waals surface area contributed by atoms with Gasteiger partial charge in [-0.2, -0.15) is 0 Å². The summed E-state index contributed by atoms with van der Waals surface area (Å²) >= 11 is 5.17. The van der Waals surface area contributed by atoms with Gasteiger partial charge >= 0.3 is 0 Å². The van der Waals surface area contributed by atoms with Gasteiger partial charge in [-0.3, -0.25) is 15.6 Å². The van der Waals surface area contributed by atoms with Crippen molar-refractivity contribution in [1.82, 2.24) is 20.7 Å². The number of pyridine rings is 1. The molecule has 7 heteroatoms. The largest absolute Gasteiger partial charge is 0.352 e. The molecule has 1 aromatic heterocycles. The minimum Gasteiger partial charge on any atom is -0.352 e. The molecule has 2 atom stereocenters. The van der Waals surface area contributed by atoms with E-state index in [-0.39, 0.29) is 17.8 Å². The zero-order valence-corrected chi connectivity index (χ0v) is 15.5. The highest BCUT2D eigenvalue weighted by Crippen LogP contribution is 2.24. The third-order valence-corrected chi connectivity index (χ3v) is 5.01. The van der Waals surface area contributed by atoms with E-state index in [0.717, 1.165) is 24.8 Å². The van der Waals surface area contributed by atoms with E-state index in [1.54, 1.807) is 42.4 Å². The monoisotopic (exact) mass is 374 g/mol. The Morgan fingerprint density at radius 3 is 2.92 bits per heavy atom. The molecule has 1 fully saturated rings. The summed E-state index contributed by atoms with van der Waals surface area (Å²) in [6.45, 7) is 0.658. The molecule has 5 nitrogen and oxygen atoms in total. The molecule has 0 aliphatic carbocycles. The van der Waals surface area contributed by atoms with Crippen LogP contribution in [-0.4, -0.2) is 35.4 Å². The van der Waals surface area contributed by atoms with Gasteiger partial charge in [-0.25, -0.2) is 4.39 Å². The second-order valence-electron chi connectivity index (χ2n) is 6.61. The van der Waals surface area contributed by atoms with Crippen molar-refractivity contribution < 1.29 is 9.18 Å². The number of amides is 1. The molecule has 1 amide bonds. The molecular formula is C19H23FN4OS. The van der Waals surface area contributed by atoms with Crippen molar-refractivity contribution in [2.45, 2.75) is 31.3 Å². The predicted molar refractivity (Wildman–Crippen MR) is 102 cm³/mol. The van der Waals surface area contributed by atoms with Crippen LogP contribution < -0.4 is 10.9 Å². The minimum atomic E-state index is -0.216. The molecule has 1 aliphatic rings. The van der Waals surface area contributed by atoms with Crippen LogP contribution in [0.2, 0.25) is 0 Å². The van der Waals surface area contributed by atoms with Gasteiger partial charge in [0.05, 0.1) is 5.56 Å². The number of nitrogens with one attached hydrogen (secondary N) is 3. The highest BCUT2D eigenvalue weighted by Gasteiger charge is 2.25. The number of hydrazine groups is 1. The molecule has 138 valence electrons. The molecule has 1 aliphatic heterocycles. The number of halogens is 1. The Morgan fingerprint density at radius 1 is 1.31 bits per heavy atom. The van der Waals surface area contributed by atoms with Crippen LogP contribution in [0.1, 0.15) is 41.2 Å². The molecule has 1 saturated heterocycles. The van der Waals surface area contributed by atoms with Crippen LogP contribution in [0.5, 0.6) is 0 Å². The number of hydrogen-bond donors (Lipinski definition) is 3. The minimum absolute atomic E-state index is 0.0676. The summed E-state index contributed by atoms with van der Waals surface area (Å²) in [5, 5.41) is 0. The van der Waals surface area contributed by atoms with Crippen molar-refractivity contribution in [3.63, 3.8) is 0 Å². The van der Waals surface area contributed by atoms with Crippen LogP contribution in [0.4, 0.5) is 4.39 Å². The number of carbonyl (C=O) groups is 1. The van der Waals surface area contributed by atoms with Crippen LogP contribution in [0.3, 0.4) is 0 Å². The van der Waals surface area contributed by atoms with Gasteiger partial charge in [0.1, 0.15) is 10.5 Å². The van der Waals surface area contributed by atoms with Crippen molar-refractivity contribution in [2.75, 3.05) is 13.6 Å². The van der Waals surface area contributed by atoms with Gasteiger partial charge in [0.2, 0.25) is 0 Å². The maximum atomic E-state index is 13.4. The Balaban J connectivity index is 1.46. The third-order valence-electron chi connectivity index (χ3n) is 4.67. The molecule has 2 aromatic rings. The lowest BCUT2D eigenvalue weighted by Gasteiger charge is -2.18. The summed E-state index contributed by atoms with van der Waals surface area (Å²) < 4.78 is 13.8. The lowest BCUT2D eigenvalue weighted by molar-refractivity contribution is 0.0790. The Hall–Kier alpha value is -2.09. The maximum Gasteiger partial charge on any atom is 0.256 e. The molecular weight excluding hydrogens is 351 g/mol. The third kappa shape index (κ3) is 4.55. The average Bonchev–Trinajstić information content (AvgIpc) is 3.10. The lowest BCUT2D eigenvalue weighted by atomic mass is 9.99. The second kappa shape index (κ2) is 8.53. The fraction of sp³-hybridized carbons (Fsp3) is 0.368. The fourth-order valence-electron chi connectivity index (χ4n) is 3.23. The van der Waals surface area contributed by atoms with Gasteiger partial charge in [-0.15, -0.1) is 0 Å². The Morgan fingerprint density at radius 2 is 2.15 bits per heavy atom. The first kappa shape index (κ1) is 18.7. The smallest absolute Gasteiger partial charge is 0.256 e. The summed E-state index contributed by atoms with van der Waals surface area (Å²) in [4.78, 5) is 17.0. The summed E-state index contributed by atoms with van der Waals surface area (Å²) in [7, 11) is 1.79. The van der Waals surface area contributed by atoms with E-state index in [9.17, 15) is 9.18 Å². The summed E-state index contributed by atoms with van der Waals surface area (Å²) in [5.41, 5.74) is 7.97. The number of rotatable bonds is 6. The quantitative estimate of drug-likeness (QED) is 0.679. The number of aromatic amines is 1. The van der Waals surface area contributed by atoms with Crippen molar-refractivity contribution in [3.8, 4) is 0 Å². The van der Waals surface area contributed by atoms with Crippen LogP contribution in [0.15, 0.2) is 42.6 Å². The normalized spacial score (nSPS) is 19.5. The average molecular weight is 374 g/mol. The molecule has 3 N–H and O–H groups in total. The Bertz CT molecular complexity index is 825. The number of nitrogens with zero attached hydrogens (tertiary/aromatic N) is 1. The van der Waals surface area contributed by atoms with Gasteiger partial charge < -0.3 is 9.88 Å². The van der Waals surface area contributed by atoms with E-state index >= 15 is 0 Å². The standard InChI is InChI=1S/C19H23FN4OS/c1-24(19(25)16-8-3-9-21-18(16)26)10-4-7-15-12-17(23-22-15)13-5-2-6-14(20)11-13/h2-3,5-6,8-9,11,15,17,22-23H,4,7,10,12H2,1H3,(H,21,26). The van der Waals surface area contributed by atoms with Gasteiger partial charge in [0, 0.05) is 31.9 Å². The highest BCUT2D eigenvalue weighted by atomic mass is 32.1. The van der Waals surface area contributed by atoms with E-state index in [4.69, 9.17) is 12.2 Å². The fourth-order valence-corrected chi connectivity index (χ4v) is 3.45. The van der Waals surface area contributed by atoms with E-state index in [2.05, 4.69) is 15.8 Å². The first-order valence-corrected chi connectivity index (χ1v) is 9.15. The summed E-state index contributed by atoms with van der Waals surface area (Å²) in [6, 6.07) is 10.6. The van der Waals surface area contributed by atoms with Crippen LogP contribution in [0, 0.1) is 10.5 Å². The Labute approximate surface area is 157 Å². The SMILES string of the molecule is CN(CCCC1CC(c2cccc(F)c2)NN1)C(=O)c1ccc[nH]c1=S. The van der Waals surface area contributed by atoms with Gasteiger partial charge in [-0.05, 0) is 49.1 Å². The topological polar surface area (TPSA) is 60.2 Å². The van der Waals surface area contributed by atoms with Crippen LogP contribution in [0.25, 0.3) is 0 Å². The Kier molecular flexibility index (Phi) is 6.13. The van der Waals surface area contributed by atoms with Crippen molar-refractivity contribution >= 4 is 18.1 Å². The van der Waals surface area contributed by atoms with E-state index in [1.807, 2.05) is 6.07 Å². The summed E-state index contributed by atoms with van der Waals surface area (Å²) in [6.07, 6.45) is 4.41. The molecule has 0 radical (unpaired) electrons. The second-order valence-corrected chi connectivity index (χ2v) is 7.02. The number of H-pyrrole nitrogens is 1. The molecule has 26 heavy (non-hydrogen) atoms. The van der Waals surface area contributed by atoms with Crippen molar-refractivity contribution in [1.29, 1.82) is 0 Å². The van der Waals surface area contributed by atoms with Gasteiger partial charge in [-0.1, -0.05) is 24.4 Å². The molecule has 3 rings (SSSR count). The van der Waals surface area contributed by atoms with E-state index < -0.39 is 0 Å². The number of benzene rings is 1. The molecule has 2 heterocycles. The zero-order valence-electron chi connectivity index (χ0n) is 14.7. The molecule has 1 aromatic carbocycles. The highest BCUT2D eigenvalue weighted by molar-refractivity contribution is 7.71. The van der Waals surface area contributed by atoms with E-state index in [1.165, 1.54) is 6.07 Å². The molecule has 0 saturated carbocycles. The van der Waals surface area contributed by atoms with Gasteiger partial charge in [0.15, 0.2) is 0 Å². The van der Waals surface area contributed by atoms with Crippen LogP contribution in [-0.2, 0) is 0 Å². The summed E-state index contributed by atoms with van der Waals surface area (Å²) in [5.74, 6) is -0.283. The van der Waals surface area contributed by atoms with Crippen molar-refractivity contribution in [3.05, 3.63) is 64.2 Å².